The highest BCUT2D eigenvalue weighted by atomic mass is 19.1. The summed E-state index contributed by atoms with van der Waals surface area (Å²) < 4.78 is 14.2. The lowest BCUT2D eigenvalue weighted by Gasteiger charge is -2.43. The van der Waals surface area contributed by atoms with Crippen LogP contribution in [-0.2, 0) is 4.79 Å². The number of fused-ring (bicyclic) bond motifs is 1. The lowest BCUT2D eigenvalue weighted by molar-refractivity contribution is -0.124. The molecule has 1 aromatic carbocycles. The molecule has 2 aliphatic heterocycles. The van der Waals surface area contributed by atoms with Gasteiger partial charge in [0.2, 0.25) is 6.41 Å². The summed E-state index contributed by atoms with van der Waals surface area (Å²) in [7, 11) is 0. The first-order valence-electron chi connectivity index (χ1n) is 11.0. The number of halogens is 1. The van der Waals surface area contributed by atoms with E-state index in [1.807, 2.05) is 20.8 Å². The quantitative estimate of drug-likeness (QED) is 0.689. The molecule has 0 radical (unpaired) electrons. The van der Waals surface area contributed by atoms with Gasteiger partial charge in [-0.1, -0.05) is 0 Å². The minimum atomic E-state index is -0.398. The predicted octanol–water partition coefficient (Wildman–Crippen LogP) is 3.20. The van der Waals surface area contributed by atoms with Crippen molar-refractivity contribution >= 4 is 28.9 Å². The molecule has 2 fully saturated rings. The first-order valence-corrected chi connectivity index (χ1v) is 11.0. The first-order chi connectivity index (χ1) is 15.3. The molecule has 0 aliphatic carbocycles. The van der Waals surface area contributed by atoms with Crippen molar-refractivity contribution in [2.45, 2.75) is 45.7 Å². The standard InChI is InChI=1S/C24H28FN5O2/c1-16-12-29(13-17(2)30(16)15-31)23(32)20-11-27-21-5-4-18(25)10-19(21)22(20)28-8-6-24(3,14-26)7-9-28/h4-5,10-11,15-17H,6-9,12-13H2,1-3H3. The second kappa shape index (κ2) is 8.38. The number of nitriles is 1. The number of amides is 2. The van der Waals surface area contributed by atoms with E-state index in [0.717, 1.165) is 6.41 Å². The molecule has 3 heterocycles. The Morgan fingerprint density at radius 1 is 1.25 bits per heavy atom. The number of pyridine rings is 1. The molecule has 4 rings (SSSR count). The molecule has 168 valence electrons. The van der Waals surface area contributed by atoms with E-state index in [2.05, 4.69) is 16.0 Å². The number of carbonyl (C=O) groups excluding carboxylic acids is 2. The number of hydrogen-bond donors (Lipinski definition) is 0. The number of anilines is 1. The van der Waals surface area contributed by atoms with E-state index in [9.17, 15) is 19.2 Å². The summed E-state index contributed by atoms with van der Waals surface area (Å²) in [5, 5.41) is 10.1. The molecule has 7 nitrogen and oxygen atoms in total. The smallest absolute Gasteiger partial charge is 0.257 e. The van der Waals surface area contributed by atoms with Crippen LogP contribution in [0.1, 0.15) is 44.0 Å². The van der Waals surface area contributed by atoms with Crippen molar-refractivity contribution < 1.29 is 14.0 Å². The molecule has 2 aliphatic rings. The van der Waals surface area contributed by atoms with Gasteiger partial charge < -0.3 is 14.7 Å². The average Bonchev–Trinajstić information content (AvgIpc) is 2.78. The van der Waals surface area contributed by atoms with E-state index >= 15 is 0 Å². The van der Waals surface area contributed by atoms with E-state index in [1.54, 1.807) is 22.1 Å². The number of nitrogens with zero attached hydrogens (tertiary/aromatic N) is 5. The summed E-state index contributed by atoms with van der Waals surface area (Å²) in [6.07, 6.45) is 3.75. The molecule has 0 N–H and O–H groups in total. The maximum Gasteiger partial charge on any atom is 0.257 e. The molecule has 2 aromatic rings. The summed E-state index contributed by atoms with van der Waals surface area (Å²) in [6.45, 7) is 7.86. The number of hydrogen-bond acceptors (Lipinski definition) is 5. The van der Waals surface area contributed by atoms with Crippen LogP contribution in [0.25, 0.3) is 10.9 Å². The highest BCUT2D eigenvalue weighted by molar-refractivity contribution is 6.07. The molecule has 32 heavy (non-hydrogen) atoms. The van der Waals surface area contributed by atoms with Gasteiger partial charge in [0, 0.05) is 49.8 Å². The lowest BCUT2D eigenvalue weighted by Crippen LogP contribution is -2.57. The van der Waals surface area contributed by atoms with Gasteiger partial charge >= 0.3 is 0 Å². The Morgan fingerprint density at radius 3 is 2.50 bits per heavy atom. The van der Waals surface area contributed by atoms with E-state index in [4.69, 9.17) is 0 Å². The molecule has 0 saturated carbocycles. The zero-order valence-corrected chi connectivity index (χ0v) is 18.7. The van der Waals surface area contributed by atoms with Crippen LogP contribution in [0.15, 0.2) is 24.4 Å². The Bertz CT molecular complexity index is 1080. The van der Waals surface area contributed by atoms with Gasteiger partial charge in [-0.15, -0.1) is 0 Å². The van der Waals surface area contributed by atoms with Gasteiger partial charge in [0.1, 0.15) is 5.82 Å². The van der Waals surface area contributed by atoms with Gasteiger partial charge in [0.25, 0.3) is 5.91 Å². The minimum Gasteiger partial charge on any atom is -0.370 e. The number of rotatable bonds is 3. The number of piperazine rings is 1. The third-order valence-corrected chi connectivity index (χ3v) is 6.88. The largest absolute Gasteiger partial charge is 0.370 e. The van der Waals surface area contributed by atoms with Crippen LogP contribution in [0.5, 0.6) is 0 Å². The molecule has 8 heteroatoms. The van der Waals surface area contributed by atoms with Gasteiger partial charge in [0.05, 0.1) is 28.3 Å². The van der Waals surface area contributed by atoms with Gasteiger partial charge in [-0.2, -0.15) is 5.26 Å². The average molecular weight is 438 g/mol. The van der Waals surface area contributed by atoms with Crippen molar-refractivity contribution in [1.82, 2.24) is 14.8 Å². The highest BCUT2D eigenvalue weighted by Crippen LogP contribution is 2.37. The van der Waals surface area contributed by atoms with Crippen molar-refractivity contribution in [3.05, 3.63) is 35.8 Å². The van der Waals surface area contributed by atoms with Crippen LogP contribution >= 0.6 is 0 Å². The van der Waals surface area contributed by atoms with E-state index in [-0.39, 0.29) is 23.8 Å². The van der Waals surface area contributed by atoms with Crippen molar-refractivity contribution in [3.63, 3.8) is 0 Å². The number of aromatic nitrogens is 1. The predicted molar refractivity (Wildman–Crippen MR) is 120 cm³/mol. The maximum absolute atomic E-state index is 14.2. The Hall–Kier alpha value is -3.21. The van der Waals surface area contributed by atoms with Crippen molar-refractivity contribution in [2.24, 2.45) is 5.41 Å². The van der Waals surface area contributed by atoms with Crippen LogP contribution < -0.4 is 4.90 Å². The first kappa shape index (κ1) is 22.0. The second-order valence-electron chi connectivity index (χ2n) is 9.30. The minimum absolute atomic E-state index is 0.0965. The molecular formula is C24H28FN5O2. The molecule has 1 aromatic heterocycles. The fourth-order valence-corrected chi connectivity index (χ4v) is 4.86. The van der Waals surface area contributed by atoms with Crippen LogP contribution in [0.4, 0.5) is 10.1 Å². The van der Waals surface area contributed by atoms with Gasteiger partial charge in [-0.3, -0.25) is 14.6 Å². The number of carbonyl (C=O) groups is 2. The molecule has 2 saturated heterocycles. The maximum atomic E-state index is 14.2. The molecule has 2 atom stereocenters. The third-order valence-electron chi connectivity index (χ3n) is 6.88. The van der Waals surface area contributed by atoms with Crippen molar-refractivity contribution in [1.29, 1.82) is 5.26 Å². The van der Waals surface area contributed by atoms with E-state index in [0.29, 0.717) is 61.2 Å². The number of piperidine rings is 1. The van der Waals surface area contributed by atoms with Gasteiger partial charge in [-0.25, -0.2) is 4.39 Å². The van der Waals surface area contributed by atoms with Crippen molar-refractivity contribution in [2.75, 3.05) is 31.1 Å². The molecule has 0 bridgehead atoms. The fraction of sp³-hybridized carbons (Fsp3) is 0.500. The summed E-state index contributed by atoms with van der Waals surface area (Å²) >= 11 is 0. The second-order valence-corrected chi connectivity index (χ2v) is 9.30. The zero-order chi connectivity index (χ0) is 23.0. The summed E-state index contributed by atoms with van der Waals surface area (Å²) in [4.78, 5) is 35.1. The SMILES string of the molecule is CC1CN(C(=O)c2cnc3ccc(F)cc3c2N2CCC(C)(C#N)CC2)CC(C)N1C=O. The topological polar surface area (TPSA) is 80.5 Å². The van der Waals surface area contributed by atoms with Crippen LogP contribution in [-0.4, -0.2) is 65.4 Å². The Kier molecular flexibility index (Phi) is 5.76. The van der Waals surface area contributed by atoms with Gasteiger partial charge in [-0.05, 0) is 51.8 Å². The summed E-state index contributed by atoms with van der Waals surface area (Å²) in [5.41, 5.74) is 1.34. The van der Waals surface area contributed by atoms with Crippen molar-refractivity contribution in [3.8, 4) is 6.07 Å². The summed E-state index contributed by atoms with van der Waals surface area (Å²) in [6, 6.07) is 6.63. The Labute approximate surface area is 187 Å². The fourth-order valence-electron chi connectivity index (χ4n) is 4.86. The van der Waals surface area contributed by atoms with Crippen LogP contribution in [0.2, 0.25) is 0 Å². The monoisotopic (exact) mass is 437 g/mol. The number of benzene rings is 1. The van der Waals surface area contributed by atoms with Crippen LogP contribution in [0.3, 0.4) is 0 Å². The normalized spacial score (nSPS) is 23.2. The molecule has 2 amide bonds. The van der Waals surface area contributed by atoms with Gasteiger partial charge in [0.15, 0.2) is 0 Å². The Balaban J connectivity index is 1.75. The molecule has 0 spiro atoms. The zero-order valence-electron chi connectivity index (χ0n) is 18.7. The highest BCUT2D eigenvalue weighted by Gasteiger charge is 2.35. The van der Waals surface area contributed by atoms with Crippen LogP contribution in [0, 0.1) is 22.6 Å². The molecular weight excluding hydrogens is 409 g/mol. The summed E-state index contributed by atoms with van der Waals surface area (Å²) in [5.74, 6) is -0.553. The lowest BCUT2D eigenvalue weighted by atomic mass is 9.81. The Morgan fingerprint density at radius 2 is 1.91 bits per heavy atom. The third kappa shape index (κ3) is 3.88. The molecule has 2 unspecified atom stereocenters. The van der Waals surface area contributed by atoms with E-state index < -0.39 is 5.41 Å². The van der Waals surface area contributed by atoms with E-state index in [1.165, 1.54) is 12.1 Å².